The summed E-state index contributed by atoms with van der Waals surface area (Å²) in [5, 5.41) is 0. The largest absolute Gasteiger partial charge is 3.00 e. The summed E-state index contributed by atoms with van der Waals surface area (Å²) in [7, 11) is 0. The van der Waals surface area contributed by atoms with E-state index in [9.17, 15) is 0 Å². The summed E-state index contributed by atoms with van der Waals surface area (Å²) in [5.41, 5.74) is 5.87. The molecule has 0 amide bonds. The fourth-order valence-electron chi connectivity index (χ4n) is 4.70. The zero-order valence-electron chi connectivity index (χ0n) is 24.2. The van der Waals surface area contributed by atoms with Gasteiger partial charge >= 0.3 is 20.1 Å². The van der Waals surface area contributed by atoms with E-state index in [1.165, 1.54) is 0 Å². The van der Waals surface area contributed by atoms with E-state index in [1.54, 1.807) is 18.6 Å². The number of hydrogen-bond acceptors (Lipinski definition) is 6. The van der Waals surface area contributed by atoms with Crippen LogP contribution >= 0.6 is 0 Å². The van der Waals surface area contributed by atoms with E-state index < -0.39 is 0 Å². The molecule has 0 saturated heterocycles. The number of rotatable bonds is 3. The Morgan fingerprint density at radius 3 is 0.913 bits per heavy atom. The number of aromatic nitrogens is 9. The number of nitrogens with zero attached hydrogens (tertiary/aromatic N) is 9. The normalized spacial score (nSPS) is 10.4. The van der Waals surface area contributed by atoms with E-state index in [2.05, 4.69) is 48.9 Å². The Bertz CT molecular complexity index is 2020. The Morgan fingerprint density at radius 1 is 0.348 bits per heavy atom. The summed E-state index contributed by atoms with van der Waals surface area (Å²) < 4.78 is 5.57. The number of fused-ring (bicyclic) bond motifs is 3. The van der Waals surface area contributed by atoms with Crippen molar-refractivity contribution in [3.63, 3.8) is 0 Å². The van der Waals surface area contributed by atoms with Gasteiger partial charge in [0.2, 0.25) is 0 Å². The van der Waals surface area contributed by atoms with Crippen molar-refractivity contribution in [3.05, 3.63) is 165 Å². The van der Waals surface area contributed by atoms with Crippen LogP contribution in [0, 0.1) is 19.0 Å². The molecule has 0 aliphatic carbocycles. The van der Waals surface area contributed by atoms with Crippen LogP contribution in [0.15, 0.2) is 146 Å². The number of imidazole rings is 3. The maximum atomic E-state index is 4.26. The molecule has 0 unspecified atom stereocenters. The number of para-hydroxylation sites is 6. The van der Waals surface area contributed by atoms with E-state index in [0.29, 0.717) is 0 Å². The third-order valence-corrected chi connectivity index (χ3v) is 6.81. The average molecular weight is 775 g/mol. The molecule has 9 nitrogen and oxygen atoms in total. The second kappa shape index (κ2) is 14.3. The third-order valence-electron chi connectivity index (χ3n) is 6.81. The second-order valence-electron chi connectivity index (χ2n) is 9.67. The zero-order chi connectivity index (χ0) is 30.3. The van der Waals surface area contributed by atoms with E-state index in [0.717, 1.165) is 50.6 Å². The van der Waals surface area contributed by atoms with Crippen molar-refractivity contribution in [2.45, 2.75) is 0 Å². The van der Waals surface area contributed by atoms with Crippen LogP contribution in [-0.4, -0.2) is 43.6 Å². The Labute approximate surface area is 278 Å². The van der Waals surface area contributed by atoms with Gasteiger partial charge in [0.1, 0.15) is 0 Å². The van der Waals surface area contributed by atoms with Crippen LogP contribution in [0.1, 0.15) is 0 Å². The van der Waals surface area contributed by atoms with Crippen LogP contribution in [0.25, 0.3) is 50.6 Å². The summed E-state index contributed by atoms with van der Waals surface area (Å²) >= 11 is 0. The predicted molar refractivity (Wildman–Crippen MR) is 173 cm³/mol. The van der Waals surface area contributed by atoms with Gasteiger partial charge in [-0.05, 0) is 34.7 Å². The molecule has 9 rings (SSSR count). The first-order chi connectivity index (χ1) is 22.3. The summed E-state index contributed by atoms with van der Waals surface area (Å²) in [6, 6.07) is 41.1. The van der Waals surface area contributed by atoms with Crippen molar-refractivity contribution in [3.8, 4) is 17.5 Å². The molecular formula is C36H24IrN9. The summed E-state index contributed by atoms with van der Waals surface area (Å²) in [6.45, 7) is 0. The van der Waals surface area contributed by atoms with Crippen LogP contribution in [0.5, 0.6) is 0 Å². The number of benzene rings is 3. The van der Waals surface area contributed by atoms with Crippen LogP contribution in [0.4, 0.5) is 0 Å². The molecule has 0 aliphatic rings. The molecule has 0 radical (unpaired) electrons. The molecule has 0 saturated carbocycles. The van der Waals surface area contributed by atoms with E-state index in [1.807, 2.05) is 141 Å². The molecule has 6 heterocycles. The molecule has 6 aromatic heterocycles. The van der Waals surface area contributed by atoms with Crippen LogP contribution in [0.2, 0.25) is 0 Å². The van der Waals surface area contributed by atoms with Gasteiger partial charge in [-0.3, -0.25) is 15.0 Å². The molecule has 0 N–H and O–H groups in total. The maximum absolute atomic E-state index is 4.26. The molecule has 0 atom stereocenters. The molecule has 0 bridgehead atoms. The Morgan fingerprint density at radius 2 is 0.630 bits per heavy atom. The minimum Gasteiger partial charge on any atom is -0.411 e. The molecule has 46 heavy (non-hydrogen) atoms. The van der Waals surface area contributed by atoms with Gasteiger partial charge in [-0.2, -0.15) is 0 Å². The molecule has 0 aliphatic heterocycles. The van der Waals surface area contributed by atoms with Gasteiger partial charge in [0.05, 0.1) is 17.5 Å². The average Bonchev–Trinajstić information content (AvgIpc) is 3.87. The smallest absolute Gasteiger partial charge is 0.411 e. The molecule has 0 spiro atoms. The van der Waals surface area contributed by atoms with E-state index in [4.69, 9.17) is 0 Å². The summed E-state index contributed by atoms with van der Waals surface area (Å²) in [6.07, 6.45) is 14.1. The first-order valence-electron chi connectivity index (χ1n) is 14.1. The molecule has 10 heteroatoms. The van der Waals surface area contributed by atoms with Gasteiger partial charge < -0.3 is 28.7 Å². The van der Waals surface area contributed by atoms with Crippen molar-refractivity contribution < 1.29 is 20.1 Å². The minimum absolute atomic E-state index is 0. The topological polar surface area (TPSA) is 92.1 Å². The summed E-state index contributed by atoms with van der Waals surface area (Å²) in [5.74, 6) is 2.52. The van der Waals surface area contributed by atoms with Crippen LogP contribution in [0.3, 0.4) is 0 Å². The van der Waals surface area contributed by atoms with Crippen LogP contribution < -0.4 is 0 Å². The van der Waals surface area contributed by atoms with E-state index in [-0.39, 0.29) is 20.1 Å². The van der Waals surface area contributed by atoms with Crippen molar-refractivity contribution in [2.75, 3.05) is 0 Å². The van der Waals surface area contributed by atoms with Crippen molar-refractivity contribution >= 4 is 33.1 Å². The molecule has 3 aromatic carbocycles. The predicted octanol–water partition coefficient (Wildman–Crippen LogP) is 6.66. The van der Waals surface area contributed by atoms with Gasteiger partial charge in [0.15, 0.2) is 0 Å². The maximum Gasteiger partial charge on any atom is 3.00 e. The second-order valence-corrected chi connectivity index (χ2v) is 9.67. The molecule has 222 valence electrons. The fourth-order valence-corrected chi connectivity index (χ4v) is 4.70. The van der Waals surface area contributed by atoms with Crippen molar-refractivity contribution in [1.29, 1.82) is 0 Å². The Balaban J connectivity index is 0.000000120. The van der Waals surface area contributed by atoms with Crippen molar-refractivity contribution in [1.82, 2.24) is 43.6 Å². The van der Waals surface area contributed by atoms with Gasteiger partial charge in [-0.15, -0.1) is 0 Å². The quantitative estimate of drug-likeness (QED) is 0.187. The van der Waals surface area contributed by atoms with Gasteiger partial charge in [0, 0.05) is 37.6 Å². The first-order valence-corrected chi connectivity index (χ1v) is 14.1. The fraction of sp³-hybridized carbons (Fsp3) is 0. The molecule has 0 fully saturated rings. The van der Waals surface area contributed by atoms with E-state index >= 15 is 0 Å². The third kappa shape index (κ3) is 6.49. The Hall–Kier alpha value is -5.83. The van der Waals surface area contributed by atoms with Gasteiger partial charge in [-0.1, -0.05) is 126 Å². The Kier molecular flexibility index (Phi) is 9.39. The zero-order valence-corrected chi connectivity index (χ0v) is 26.6. The SMILES string of the molecule is [Ir+3].[c-]1nc2ccccc2n1-c1ccccn1.[c-]1nc2ccccc2n1-c1ccccn1.[c-]1nc2ccccc2n1-c1ccccn1. The molecule has 9 aromatic rings. The summed E-state index contributed by atoms with van der Waals surface area (Å²) in [4.78, 5) is 25.4. The van der Waals surface area contributed by atoms with Crippen molar-refractivity contribution in [2.24, 2.45) is 0 Å². The number of pyridine rings is 3. The minimum atomic E-state index is 0. The monoisotopic (exact) mass is 775 g/mol. The van der Waals surface area contributed by atoms with Crippen LogP contribution in [-0.2, 0) is 20.1 Å². The standard InChI is InChI=1S/3C12H8N3.Ir/c3*1-2-6-11-10(5-1)14-9-15(11)12-7-3-4-8-13-12;/h3*1-8H;/q3*-1;+3. The van der Waals surface area contributed by atoms with Gasteiger partial charge in [0.25, 0.3) is 0 Å². The first kappa shape index (κ1) is 30.2. The van der Waals surface area contributed by atoms with Gasteiger partial charge in [-0.25, -0.2) is 0 Å². The molecular weight excluding hydrogens is 751 g/mol. The number of hydrogen-bond donors (Lipinski definition) is 0.